The van der Waals surface area contributed by atoms with Crippen LogP contribution in [0.4, 0.5) is 23.0 Å². The largest absolute Gasteiger partial charge is 0.467 e. The molecule has 29 heavy (non-hydrogen) atoms. The van der Waals surface area contributed by atoms with E-state index in [1.54, 1.807) is 12.1 Å². The minimum atomic E-state index is -1.11. The SMILES string of the molecule is COC(=O)C1(OC)CC=C(c2nc(Nc3cc(C)[nH]n3)cc(N)c2[N+](=O)[O-])CC1. The summed E-state index contributed by atoms with van der Waals surface area (Å²) in [6.45, 7) is 1.84. The van der Waals surface area contributed by atoms with Crippen molar-refractivity contribution < 1.29 is 19.2 Å². The first-order valence-electron chi connectivity index (χ1n) is 8.86. The third-order valence-electron chi connectivity index (χ3n) is 4.90. The summed E-state index contributed by atoms with van der Waals surface area (Å²) in [6.07, 6.45) is 2.56. The Morgan fingerprint density at radius 2 is 2.14 bits per heavy atom. The van der Waals surface area contributed by atoms with Crippen molar-refractivity contribution in [3.05, 3.63) is 39.7 Å². The number of hydrogen-bond acceptors (Lipinski definition) is 9. The number of aryl methyl sites for hydroxylation is 1. The molecule has 1 aliphatic carbocycles. The molecular formula is C18H22N6O5. The number of nitrogens with zero attached hydrogens (tertiary/aromatic N) is 3. The Labute approximate surface area is 166 Å². The molecule has 0 spiro atoms. The molecule has 3 rings (SSSR count). The number of H-pyrrole nitrogens is 1. The van der Waals surface area contributed by atoms with E-state index in [9.17, 15) is 14.9 Å². The van der Waals surface area contributed by atoms with Crippen LogP contribution in [0.25, 0.3) is 5.57 Å². The molecule has 1 atom stereocenters. The average Bonchev–Trinajstić information content (AvgIpc) is 3.11. The Hall–Kier alpha value is -3.47. The maximum absolute atomic E-state index is 12.1. The van der Waals surface area contributed by atoms with Gasteiger partial charge in [0.05, 0.1) is 12.0 Å². The van der Waals surface area contributed by atoms with Gasteiger partial charge in [0.25, 0.3) is 0 Å². The van der Waals surface area contributed by atoms with Crippen LogP contribution < -0.4 is 11.1 Å². The number of carbonyl (C=O) groups is 1. The number of nitrogens with one attached hydrogen (secondary N) is 2. The number of allylic oxidation sites excluding steroid dienone is 1. The molecule has 0 aliphatic heterocycles. The van der Waals surface area contributed by atoms with Crippen molar-refractivity contribution in [2.24, 2.45) is 0 Å². The maximum Gasteiger partial charge on any atom is 0.338 e. The van der Waals surface area contributed by atoms with Crippen molar-refractivity contribution in [2.75, 3.05) is 25.3 Å². The van der Waals surface area contributed by atoms with Crippen molar-refractivity contribution in [2.45, 2.75) is 31.8 Å². The number of esters is 1. The van der Waals surface area contributed by atoms with E-state index in [2.05, 4.69) is 20.5 Å². The summed E-state index contributed by atoms with van der Waals surface area (Å²) in [5.74, 6) is 0.351. The Bertz CT molecular complexity index is 985. The molecule has 1 unspecified atom stereocenters. The number of aromatic nitrogens is 3. The van der Waals surface area contributed by atoms with Crippen LogP contribution in [0.2, 0.25) is 0 Å². The fourth-order valence-corrected chi connectivity index (χ4v) is 3.34. The molecule has 11 heteroatoms. The third kappa shape index (κ3) is 3.90. The number of aromatic amines is 1. The van der Waals surface area contributed by atoms with Crippen molar-refractivity contribution in [1.29, 1.82) is 0 Å². The molecule has 1 aliphatic rings. The van der Waals surface area contributed by atoms with Gasteiger partial charge in [-0.3, -0.25) is 15.2 Å². The Balaban J connectivity index is 2.00. The fourth-order valence-electron chi connectivity index (χ4n) is 3.34. The van der Waals surface area contributed by atoms with Gasteiger partial charge < -0.3 is 20.5 Å². The van der Waals surface area contributed by atoms with Crippen molar-refractivity contribution >= 4 is 34.6 Å². The highest BCUT2D eigenvalue weighted by Crippen LogP contribution is 2.40. The van der Waals surface area contributed by atoms with Crippen LogP contribution in [0.15, 0.2) is 18.2 Å². The van der Waals surface area contributed by atoms with E-state index in [1.165, 1.54) is 20.3 Å². The van der Waals surface area contributed by atoms with Gasteiger partial charge in [0.1, 0.15) is 17.2 Å². The van der Waals surface area contributed by atoms with E-state index in [0.717, 1.165) is 5.69 Å². The molecule has 0 aromatic carbocycles. The van der Waals surface area contributed by atoms with Crippen LogP contribution in [0.5, 0.6) is 0 Å². The van der Waals surface area contributed by atoms with E-state index in [-0.39, 0.29) is 23.5 Å². The number of carbonyl (C=O) groups excluding carboxylic acids is 1. The highest BCUT2D eigenvalue weighted by atomic mass is 16.6. The van der Waals surface area contributed by atoms with E-state index in [1.807, 2.05) is 6.92 Å². The number of nitrogen functional groups attached to an aromatic ring is 1. The second-order valence-corrected chi connectivity index (χ2v) is 6.74. The minimum absolute atomic E-state index is 0.0211. The van der Waals surface area contributed by atoms with Crippen molar-refractivity contribution in [3.8, 4) is 0 Å². The number of methoxy groups -OCH3 is 2. The van der Waals surface area contributed by atoms with E-state index >= 15 is 0 Å². The predicted octanol–water partition coefficient (Wildman–Crippen LogP) is 2.47. The summed E-state index contributed by atoms with van der Waals surface area (Å²) in [7, 11) is 2.73. The first-order valence-corrected chi connectivity index (χ1v) is 8.86. The number of anilines is 3. The van der Waals surface area contributed by atoms with Gasteiger partial charge in [-0.15, -0.1) is 0 Å². The second-order valence-electron chi connectivity index (χ2n) is 6.74. The van der Waals surface area contributed by atoms with Crippen LogP contribution in [-0.2, 0) is 14.3 Å². The zero-order chi connectivity index (χ0) is 21.2. The smallest absolute Gasteiger partial charge is 0.338 e. The lowest BCUT2D eigenvalue weighted by molar-refractivity contribution is -0.384. The first-order chi connectivity index (χ1) is 13.8. The summed E-state index contributed by atoms with van der Waals surface area (Å²) in [4.78, 5) is 27.6. The molecule has 2 aromatic rings. The molecule has 2 aromatic heterocycles. The van der Waals surface area contributed by atoms with Gasteiger partial charge in [-0.25, -0.2) is 9.78 Å². The highest BCUT2D eigenvalue weighted by molar-refractivity contribution is 5.84. The Morgan fingerprint density at radius 1 is 1.38 bits per heavy atom. The molecule has 0 bridgehead atoms. The Morgan fingerprint density at radius 3 is 2.66 bits per heavy atom. The molecule has 154 valence electrons. The lowest BCUT2D eigenvalue weighted by Gasteiger charge is -2.32. The van der Waals surface area contributed by atoms with E-state index < -0.39 is 16.5 Å². The summed E-state index contributed by atoms with van der Waals surface area (Å²) >= 11 is 0. The second kappa shape index (κ2) is 7.87. The van der Waals surface area contributed by atoms with Gasteiger partial charge >= 0.3 is 11.7 Å². The number of nitrogens with two attached hydrogens (primary N) is 1. The molecule has 0 saturated carbocycles. The highest BCUT2D eigenvalue weighted by Gasteiger charge is 2.42. The minimum Gasteiger partial charge on any atom is -0.467 e. The molecule has 0 radical (unpaired) electrons. The van der Waals surface area contributed by atoms with Gasteiger partial charge in [0.15, 0.2) is 11.4 Å². The number of rotatable bonds is 6. The molecule has 0 saturated heterocycles. The van der Waals surface area contributed by atoms with Crippen LogP contribution in [0, 0.1) is 17.0 Å². The number of pyridine rings is 1. The summed E-state index contributed by atoms with van der Waals surface area (Å²) in [6, 6.07) is 3.16. The summed E-state index contributed by atoms with van der Waals surface area (Å²) in [5.41, 5.74) is 6.16. The van der Waals surface area contributed by atoms with Crippen LogP contribution in [0.1, 0.15) is 30.7 Å². The fraction of sp³-hybridized carbons (Fsp3) is 0.389. The third-order valence-corrected chi connectivity index (χ3v) is 4.90. The molecule has 0 fully saturated rings. The van der Waals surface area contributed by atoms with Crippen LogP contribution in [0.3, 0.4) is 0 Å². The zero-order valence-electron chi connectivity index (χ0n) is 16.3. The molecule has 4 N–H and O–H groups in total. The first kappa shape index (κ1) is 20.3. The Kier molecular flexibility index (Phi) is 5.50. The van der Waals surface area contributed by atoms with Gasteiger partial charge in [-0.2, -0.15) is 5.10 Å². The number of hydrogen-bond donors (Lipinski definition) is 3. The summed E-state index contributed by atoms with van der Waals surface area (Å²) in [5, 5.41) is 21.5. The van der Waals surface area contributed by atoms with Gasteiger partial charge in [0, 0.05) is 31.4 Å². The monoisotopic (exact) mass is 402 g/mol. The maximum atomic E-state index is 12.1. The molecular weight excluding hydrogens is 380 g/mol. The molecule has 2 heterocycles. The molecule has 11 nitrogen and oxygen atoms in total. The average molecular weight is 402 g/mol. The van der Waals surface area contributed by atoms with E-state index in [4.69, 9.17) is 15.2 Å². The van der Waals surface area contributed by atoms with Gasteiger partial charge in [-0.1, -0.05) is 6.08 Å². The van der Waals surface area contributed by atoms with Gasteiger partial charge in [0.2, 0.25) is 0 Å². The predicted molar refractivity (Wildman–Crippen MR) is 105 cm³/mol. The lowest BCUT2D eigenvalue weighted by atomic mass is 9.83. The molecule has 0 amide bonds. The lowest BCUT2D eigenvalue weighted by Crippen LogP contribution is -2.42. The number of ether oxygens (including phenoxy) is 2. The summed E-state index contributed by atoms with van der Waals surface area (Å²) < 4.78 is 10.2. The van der Waals surface area contributed by atoms with Crippen LogP contribution in [-0.4, -0.2) is 45.9 Å². The van der Waals surface area contributed by atoms with Crippen LogP contribution >= 0.6 is 0 Å². The normalized spacial score (nSPS) is 18.8. The quantitative estimate of drug-likeness (QED) is 0.375. The number of nitro groups is 1. The van der Waals surface area contributed by atoms with Crippen molar-refractivity contribution in [3.63, 3.8) is 0 Å². The van der Waals surface area contributed by atoms with E-state index in [0.29, 0.717) is 30.1 Å². The standard InChI is InChI=1S/C18H22N6O5/c1-10-8-14(23-22-10)20-13-9-12(19)16(24(26)27)15(21-13)11-4-6-18(29-3,7-5-11)17(25)28-2/h4,8-9H,5-7H2,1-3H3,(H4,19,20,21,22,23). The topological polar surface area (TPSA) is 158 Å². The zero-order valence-corrected chi connectivity index (χ0v) is 16.3. The van der Waals surface area contributed by atoms with Gasteiger partial charge in [-0.05, 0) is 25.3 Å². The van der Waals surface area contributed by atoms with Crippen molar-refractivity contribution in [1.82, 2.24) is 15.2 Å².